The van der Waals surface area contributed by atoms with Crippen LogP contribution >= 0.6 is 11.8 Å². The molecular weight excluding hydrogens is 188 g/mol. The largest absolute Gasteiger partial charge is 0.458 e. The molecule has 1 N–H and O–H groups in total. The summed E-state index contributed by atoms with van der Waals surface area (Å²) >= 11 is 1.20. The summed E-state index contributed by atoms with van der Waals surface area (Å²) in [5.41, 5.74) is 0. The van der Waals surface area contributed by atoms with Gasteiger partial charge in [0, 0.05) is 11.9 Å². The van der Waals surface area contributed by atoms with Crippen LogP contribution in [0.1, 0.15) is 33.1 Å². The van der Waals surface area contributed by atoms with Gasteiger partial charge in [-0.15, -0.1) is 0 Å². The summed E-state index contributed by atoms with van der Waals surface area (Å²) in [4.78, 5) is 11.1. The Morgan fingerprint density at radius 3 is 2.62 bits per heavy atom. The van der Waals surface area contributed by atoms with Crippen molar-refractivity contribution in [2.24, 2.45) is 0 Å². The van der Waals surface area contributed by atoms with E-state index in [4.69, 9.17) is 9.84 Å². The molecule has 0 aliphatic carbocycles. The number of carbonyl (C=O) groups is 1. The Kier molecular flexibility index (Phi) is 8.24. The van der Waals surface area contributed by atoms with E-state index in [9.17, 15) is 4.79 Å². The van der Waals surface area contributed by atoms with Crippen LogP contribution in [0.15, 0.2) is 0 Å². The second kappa shape index (κ2) is 8.38. The average molecular weight is 206 g/mol. The zero-order chi connectivity index (χ0) is 10.1. The maximum absolute atomic E-state index is 11.1. The third-order valence-corrected chi connectivity index (χ3v) is 2.70. The summed E-state index contributed by atoms with van der Waals surface area (Å²) < 4.78 is 4.81. The first-order chi connectivity index (χ1) is 6.24. The molecule has 0 heterocycles. The summed E-state index contributed by atoms with van der Waals surface area (Å²) in [6.07, 6.45) is 2.64. The fraction of sp³-hybridized carbons (Fsp3) is 0.889. The van der Waals surface area contributed by atoms with E-state index in [1.54, 1.807) is 6.92 Å². The summed E-state index contributed by atoms with van der Waals surface area (Å²) in [6.45, 7) is 4.41. The van der Waals surface area contributed by atoms with Crippen molar-refractivity contribution in [2.75, 3.05) is 13.2 Å². The van der Waals surface area contributed by atoms with Gasteiger partial charge in [0.15, 0.2) is 0 Å². The van der Waals surface area contributed by atoms with E-state index in [2.05, 4.69) is 6.92 Å². The minimum Gasteiger partial charge on any atom is -0.458 e. The lowest BCUT2D eigenvalue weighted by Crippen LogP contribution is -2.09. The molecule has 0 aromatic rings. The average Bonchev–Trinajstić information content (AvgIpc) is 2.05. The molecule has 0 aromatic heterocycles. The lowest BCUT2D eigenvalue weighted by Gasteiger charge is -2.12. The van der Waals surface area contributed by atoms with Gasteiger partial charge in [-0.3, -0.25) is 0 Å². The van der Waals surface area contributed by atoms with Crippen LogP contribution in [0.3, 0.4) is 0 Å². The molecule has 1 unspecified atom stereocenters. The monoisotopic (exact) mass is 206 g/mol. The van der Waals surface area contributed by atoms with E-state index in [0.29, 0.717) is 13.0 Å². The zero-order valence-corrected chi connectivity index (χ0v) is 9.10. The highest BCUT2D eigenvalue weighted by atomic mass is 32.2. The van der Waals surface area contributed by atoms with E-state index < -0.39 is 0 Å². The molecule has 0 aliphatic heterocycles. The van der Waals surface area contributed by atoms with Gasteiger partial charge in [-0.2, -0.15) is 0 Å². The van der Waals surface area contributed by atoms with Crippen molar-refractivity contribution in [2.45, 2.75) is 38.4 Å². The number of rotatable bonds is 6. The van der Waals surface area contributed by atoms with Gasteiger partial charge in [0.05, 0.1) is 6.61 Å². The maximum atomic E-state index is 11.1. The van der Waals surface area contributed by atoms with Crippen LogP contribution in [0.2, 0.25) is 0 Å². The van der Waals surface area contributed by atoms with Gasteiger partial charge in [0.25, 0.3) is 0 Å². The highest BCUT2D eigenvalue weighted by Crippen LogP contribution is 2.21. The Labute approximate surface area is 83.9 Å². The number of carbonyl (C=O) groups excluding carboxylic acids is 1. The van der Waals surface area contributed by atoms with Crippen molar-refractivity contribution in [1.29, 1.82) is 0 Å². The molecule has 0 fully saturated rings. The minimum absolute atomic E-state index is 0.136. The topological polar surface area (TPSA) is 46.5 Å². The van der Waals surface area contributed by atoms with Gasteiger partial charge in [-0.25, -0.2) is 4.79 Å². The summed E-state index contributed by atoms with van der Waals surface area (Å²) in [5.74, 6) is 0. The van der Waals surface area contributed by atoms with Gasteiger partial charge >= 0.3 is 5.30 Å². The van der Waals surface area contributed by atoms with Crippen LogP contribution in [0.25, 0.3) is 0 Å². The van der Waals surface area contributed by atoms with E-state index in [1.165, 1.54) is 11.8 Å². The van der Waals surface area contributed by atoms with Gasteiger partial charge in [-0.05, 0) is 31.5 Å². The molecule has 0 amide bonds. The second-order valence-corrected chi connectivity index (χ2v) is 3.96. The van der Waals surface area contributed by atoms with Crippen LogP contribution < -0.4 is 0 Å². The SMILES string of the molecule is CCCC(CCO)SC(=O)OCC. The van der Waals surface area contributed by atoms with E-state index >= 15 is 0 Å². The second-order valence-electron chi connectivity index (χ2n) is 2.72. The molecule has 0 saturated heterocycles. The molecule has 0 radical (unpaired) electrons. The van der Waals surface area contributed by atoms with Gasteiger partial charge < -0.3 is 9.84 Å². The number of thioether (sulfide) groups is 1. The highest BCUT2D eigenvalue weighted by Gasteiger charge is 2.13. The van der Waals surface area contributed by atoms with Crippen molar-refractivity contribution in [3.8, 4) is 0 Å². The molecule has 0 aliphatic rings. The number of hydrogen-bond donors (Lipinski definition) is 1. The smallest absolute Gasteiger partial charge is 0.367 e. The van der Waals surface area contributed by atoms with Crippen LogP contribution in [0.5, 0.6) is 0 Å². The molecule has 0 saturated carbocycles. The zero-order valence-electron chi connectivity index (χ0n) is 8.28. The number of hydrogen-bond acceptors (Lipinski definition) is 4. The normalized spacial score (nSPS) is 12.5. The third-order valence-electron chi connectivity index (χ3n) is 1.59. The van der Waals surface area contributed by atoms with Crippen molar-refractivity contribution in [1.82, 2.24) is 0 Å². The molecule has 1 atom stereocenters. The lowest BCUT2D eigenvalue weighted by molar-refractivity contribution is 0.181. The third kappa shape index (κ3) is 6.90. The molecule has 0 spiro atoms. The Morgan fingerprint density at radius 1 is 1.46 bits per heavy atom. The minimum atomic E-state index is -0.227. The molecule has 0 rings (SSSR count). The Bertz CT molecular complexity index is 133. The molecule has 13 heavy (non-hydrogen) atoms. The number of aliphatic hydroxyl groups excluding tert-OH is 1. The van der Waals surface area contributed by atoms with Crippen LogP contribution in [-0.4, -0.2) is 28.9 Å². The van der Waals surface area contributed by atoms with Crippen molar-refractivity contribution >= 4 is 17.1 Å². The van der Waals surface area contributed by atoms with Gasteiger partial charge in [0.2, 0.25) is 0 Å². The molecule has 78 valence electrons. The lowest BCUT2D eigenvalue weighted by atomic mass is 10.2. The first-order valence-electron chi connectivity index (χ1n) is 4.68. The van der Waals surface area contributed by atoms with Gasteiger partial charge in [-0.1, -0.05) is 13.3 Å². The molecule has 0 aromatic carbocycles. The Balaban J connectivity index is 3.71. The molecule has 4 heteroatoms. The predicted octanol–water partition coefficient (Wildman–Crippen LogP) is 2.43. The van der Waals surface area contributed by atoms with E-state index in [-0.39, 0.29) is 17.2 Å². The van der Waals surface area contributed by atoms with Crippen molar-refractivity contribution in [3.05, 3.63) is 0 Å². The Morgan fingerprint density at radius 2 is 2.15 bits per heavy atom. The predicted molar refractivity (Wildman–Crippen MR) is 55.0 cm³/mol. The molecule has 0 bridgehead atoms. The maximum Gasteiger partial charge on any atom is 0.367 e. The van der Waals surface area contributed by atoms with E-state index in [1.807, 2.05) is 0 Å². The first kappa shape index (κ1) is 12.8. The standard InChI is InChI=1S/C9H18O3S/c1-3-5-8(6-7-10)13-9(11)12-4-2/h8,10H,3-7H2,1-2H3. The number of ether oxygens (including phenoxy) is 1. The fourth-order valence-electron chi connectivity index (χ4n) is 1.02. The van der Waals surface area contributed by atoms with Crippen molar-refractivity contribution in [3.63, 3.8) is 0 Å². The van der Waals surface area contributed by atoms with Crippen LogP contribution in [0.4, 0.5) is 4.79 Å². The molecular formula is C9H18O3S. The van der Waals surface area contributed by atoms with E-state index in [0.717, 1.165) is 12.8 Å². The summed E-state index contributed by atoms with van der Waals surface area (Å²) in [6, 6.07) is 0. The molecule has 3 nitrogen and oxygen atoms in total. The van der Waals surface area contributed by atoms with Crippen LogP contribution in [0, 0.1) is 0 Å². The quantitative estimate of drug-likeness (QED) is 0.678. The number of aliphatic hydroxyl groups is 1. The fourth-order valence-corrected chi connectivity index (χ4v) is 2.05. The highest BCUT2D eigenvalue weighted by molar-refractivity contribution is 8.13. The summed E-state index contributed by atoms with van der Waals surface area (Å²) in [5, 5.41) is 8.72. The van der Waals surface area contributed by atoms with Crippen LogP contribution in [-0.2, 0) is 4.74 Å². The Hall–Kier alpha value is -0.220. The first-order valence-corrected chi connectivity index (χ1v) is 5.56. The van der Waals surface area contributed by atoms with Gasteiger partial charge in [0.1, 0.15) is 0 Å². The summed E-state index contributed by atoms with van der Waals surface area (Å²) in [7, 11) is 0. The van der Waals surface area contributed by atoms with Crippen molar-refractivity contribution < 1.29 is 14.6 Å².